The molecule has 4 nitrogen and oxygen atoms in total. The summed E-state index contributed by atoms with van der Waals surface area (Å²) < 4.78 is 1.61. The summed E-state index contributed by atoms with van der Waals surface area (Å²) in [5.74, 6) is 0.738. The maximum atomic E-state index is 11.8. The molecule has 1 heterocycles. The summed E-state index contributed by atoms with van der Waals surface area (Å²) in [5, 5.41) is 2.99. The first-order valence-electron chi connectivity index (χ1n) is 5.49. The smallest absolute Gasteiger partial charge is 0.293 e. The molecule has 0 amide bonds. The number of rotatable bonds is 5. The fraction of sp³-hybridized carbons (Fsp3) is 0.636. The summed E-state index contributed by atoms with van der Waals surface area (Å²) in [6.07, 6.45) is 3.29. The highest BCUT2D eigenvalue weighted by Crippen LogP contribution is 2.09. The third-order valence-electron chi connectivity index (χ3n) is 2.44. The SMILES string of the molecule is CCn1ccnc(NCC(Cl)C(C)C)c1=O. The molecule has 5 heteroatoms. The van der Waals surface area contributed by atoms with Crippen molar-refractivity contribution in [2.45, 2.75) is 32.7 Å². The van der Waals surface area contributed by atoms with Gasteiger partial charge < -0.3 is 9.88 Å². The summed E-state index contributed by atoms with van der Waals surface area (Å²) in [6.45, 7) is 7.20. The van der Waals surface area contributed by atoms with Crippen LogP contribution >= 0.6 is 11.6 Å². The zero-order valence-corrected chi connectivity index (χ0v) is 10.7. The minimum atomic E-state index is -0.0994. The molecule has 0 aromatic carbocycles. The summed E-state index contributed by atoms with van der Waals surface area (Å²) in [4.78, 5) is 15.8. The van der Waals surface area contributed by atoms with E-state index < -0.39 is 0 Å². The maximum absolute atomic E-state index is 11.8. The molecule has 1 aromatic rings. The normalized spacial score (nSPS) is 12.8. The van der Waals surface area contributed by atoms with E-state index in [1.165, 1.54) is 0 Å². The number of nitrogens with zero attached hydrogens (tertiary/aromatic N) is 2. The van der Waals surface area contributed by atoms with Crippen molar-refractivity contribution >= 4 is 17.4 Å². The molecule has 0 saturated heterocycles. The van der Waals surface area contributed by atoms with Crippen molar-refractivity contribution in [2.75, 3.05) is 11.9 Å². The number of anilines is 1. The summed E-state index contributed by atoms with van der Waals surface area (Å²) in [5.41, 5.74) is -0.0994. The molecular formula is C11H18ClN3O. The Bertz CT molecular complexity index is 389. The van der Waals surface area contributed by atoms with E-state index in [0.29, 0.717) is 24.8 Å². The van der Waals surface area contributed by atoms with Crippen molar-refractivity contribution in [1.29, 1.82) is 0 Å². The predicted molar refractivity (Wildman–Crippen MR) is 67.1 cm³/mol. The standard InChI is InChI=1S/C11H18ClN3O/c1-4-15-6-5-13-10(11(15)16)14-7-9(12)8(2)3/h5-6,8-9H,4,7H2,1-3H3,(H,13,14). The molecule has 90 valence electrons. The first kappa shape index (κ1) is 13.0. The Morgan fingerprint density at radius 3 is 2.81 bits per heavy atom. The Morgan fingerprint density at radius 1 is 1.56 bits per heavy atom. The lowest BCUT2D eigenvalue weighted by atomic mass is 10.1. The van der Waals surface area contributed by atoms with Gasteiger partial charge in [-0.05, 0) is 12.8 Å². The van der Waals surface area contributed by atoms with Crippen LogP contribution in [0.4, 0.5) is 5.82 Å². The highest BCUT2D eigenvalue weighted by molar-refractivity contribution is 6.21. The van der Waals surface area contributed by atoms with Crippen LogP contribution in [0.15, 0.2) is 17.2 Å². The van der Waals surface area contributed by atoms with Crippen LogP contribution in [0.3, 0.4) is 0 Å². The Labute approximate surface area is 101 Å². The number of hydrogen-bond donors (Lipinski definition) is 1. The van der Waals surface area contributed by atoms with Crippen molar-refractivity contribution in [1.82, 2.24) is 9.55 Å². The van der Waals surface area contributed by atoms with Crippen molar-refractivity contribution in [2.24, 2.45) is 5.92 Å². The number of aryl methyl sites for hydroxylation is 1. The molecule has 1 unspecified atom stereocenters. The van der Waals surface area contributed by atoms with Gasteiger partial charge in [0.2, 0.25) is 0 Å². The van der Waals surface area contributed by atoms with Gasteiger partial charge in [-0.15, -0.1) is 11.6 Å². The van der Waals surface area contributed by atoms with E-state index in [4.69, 9.17) is 11.6 Å². The topological polar surface area (TPSA) is 46.9 Å². The average Bonchev–Trinajstić information content (AvgIpc) is 2.27. The largest absolute Gasteiger partial charge is 0.364 e. The molecular weight excluding hydrogens is 226 g/mol. The lowest BCUT2D eigenvalue weighted by molar-refractivity contribution is 0.614. The van der Waals surface area contributed by atoms with Gasteiger partial charge in [0.25, 0.3) is 5.56 Å². The lowest BCUT2D eigenvalue weighted by Crippen LogP contribution is -2.27. The van der Waals surface area contributed by atoms with Gasteiger partial charge in [-0.2, -0.15) is 0 Å². The molecule has 0 bridgehead atoms. The third-order valence-corrected chi connectivity index (χ3v) is 3.10. The zero-order chi connectivity index (χ0) is 12.1. The van der Waals surface area contributed by atoms with Gasteiger partial charge in [0.1, 0.15) is 0 Å². The molecule has 1 N–H and O–H groups in total. The molecule has 0 aliphatic heterocycles. The number of aromatic nitrogens is 2. The lowest BCUT2D eigenvalue weighted by Gasteiger charge is -2.14. The Morgan fingerprint density at radius 2 is 2.25 bits per heavy atom. The Kier molecular flexibility index (Phi) is 4.80. The van der Waals surface area contributed by atoms with Gasteiger partial charge in [0.15, 0.2) is 5.82 Å². The van der Waals surface area contributed by atoms with Gasteiger partial charge in [0.05, 0.1) is 5.38 Å². The minimum absolute atomic E-state index is 0.00326. The van der Waals surface area contributed by atoms with Gasteiger partial charge in [0, 0.05) is 25.5 Å². The maximum Gasteiger partial charge on any atom is 0.293 e. The van der Waals surface area contributed by atoms with E-state index in [0.717, 1.165) is 0 Å². The van der Waals surface area contributed by atoms with Crippen LogP contribution in [0.2, 0.25) is 0 Å². The second-order valence-electron chi connectivity index (χ2n) is 4.01. The van der Waals surface area contributed by atoms with E-state index >= 15 is 0 Å². The summed E-state index contributed by atoms with van der Waals surface area (Å²) in [7, 11) is 0. The van der Waals surface area contributed by atoms with E-state index in [2.05, 4.69) is 10.3 Å². The van der Waals surface area contributed by atoms with Crippen LogP contribution in [0.5, 0.6) is 0 Å². The highest BCUT2D eigenvalue weighted by atomic mass is 35.5. The first-order valence-corrected chi connectivity index (χ1v) is 5.93. The third kappa shape index (κ3) is 3.23. The monoisotopic (exact) mass is 243 g/mol. The van der Waals surface area contributed by atoms with Gasteiger partial charge >= 0.3 is 0 Å². The highest BCUT2D eigenvalue weighted by Gasteiger charge is 2.10. The minimum Gasteiger partial charge on any atom is -0.364 e. The van der Waals surface area contributed by atoms with Crippen LogP contribution in [-0.2, 0) is 6.54 Å². The van der Waals surface area contributed by atoms with Crippen molar-refractivity contribution in [3.8, 4) is 0 Å². The van der Waals surface area contributed by atoms with Crippen molar-refractivity contribution in [3.63, 3.8) is 0 Å². The van der Waals surface area contributed by atoms with Crippen LogP contribution in [-0.4, -0.2) is 21.5 Å². The van der Waals surface area contributed by atoms with Crippen LogP contribution < -0.4 is 10.9 Å². The van der Waals surface area contributed by atoms with Crippen LogP contribution in [0, 0.1) is 5.92 Å². The van der Waals surface area contributed by atoms with Crippen molar-refractivity contribution < 1.29 is 0 Å². The fourth-order valence-electron chi connectivity index (χ4n) is 1.25. The van der Waals surface area contributed by atoms with Crippen molar-refractivity contribution in [3.05, 3.63) is 22.7 Å². The average molecular weight is 244 g/mol. The second-order valence-corrected chi connectivity index (χ2v) is 4.57. The molecule has 0 saturated carbocycles. The zero-order valence-electron chi connectivity index (χ0n) is 9.90. The van der Waals surface area contributed by atoms with E-state index in [1.54, 1.807) is 17.0 Å². The molecule has 1 aromatic heterocycles. The quantitative estimate of drug-likeness (QED) is 0.804. The molecule has 0 spiro atoms. The summed E-state index contributed by atoms with van der Waals surface area (Å²) in [6, 6.07) is 0. The van der Waals surface area contributed by atoms with Gasteiger partial charge in [-0.3, -0.25) is 4.79 Å². The Balaban J connectivity index is 2.71. The number of halogens is 1. The molecule has 0 radical (unpaired) electrons. The predicted octanol–water partition coefficient (Wildman–Crippen LogP) is 1.94. The second kappa shape index (κ2) is 5.89. The molecule has 0 aliphatic carbocycles. The molecule has 16 heavy (non-hydrogen) atoms. The van der Waals surface area contributed by atoms with Gasteiger partial charge in [-0.25, -0.2) is 4.98 Å². The molecule has 0 fully saturated rings. The molecule has 1 rings (SSSR count). The van der Waals surface area contributed by atoms with E-state index in [9.17, 15) is 4.79 Å². The Hall–Kier alpha value is -1.03. The molecule has 1 atom stereocenters. The number of nitrogens with one attached hydrogen (secondary N) is 1. The summed E-state index contributed by atoms with van der Waals surface area (Å²) >= 11 is 6.09. The number of alkyl halides is 1. The fourth-order valence-corrected chi connectivity index (χ4v) is 1.32. The first-order chi connectivity index (χ1) is 7.56. The number of hydrogen-bond acceptors (Lipinski definition) is 3. The van der Waals surface area contributed by atoms with Gasteiger partial charge in [-0.1, -0.05) is 13.8 Å². The van der Waals surface area contributed by atoms with Crippen LogP contribution in [0.1, 0.15) is 20.8 Å². The van der Waals surface area contributed by atoms with E-state index in [1.807, 2.05) is 20.8 Å². The molecule has 0 aliphatic rings. The van der Waals surface area contributed by atoms with E-state index in [-0.39, 0.29) is 10.9 Å². The van der Waals surface area contributed by atoms with Crippen LogP contribution in [0.25, 0.3) is 0 Å².